The van der Waals surface area contributed by atoms with E-state index < -0.39 is 63.7 Å². The minimum absolute atomic E-state index is 0.0512. The number of nitro groups is 6. The van der Waals surface area contributed by atoms with Crippen molar-refractivity contribution in [2.24, 2.45) is 10.2 Å². The van der Waals surface area contributed by atoms with E-state index in [1.54, 1.807) is 0 Å². The molecule has 0 bridgehead atoms. The van der Waals surface area contributed by atoms with Gasteiger partial charge < -0.3 is 0 Å². The maximum Gasteiger partial charge on any atom is 0.284 e. The van der Waals surface area contributed by atoms with Crippen LogP contribution in [-0.4, -0.2) is 41.0 Å². The van der Waals surface area contributed by atoms with Crippen molar-refractivity contribution in [3.8, 4) is 22.3 Å². The molecule has 20 heteroatoms. The fourth-order valence-corrected chi connectivity index (χ4v) is 5.39. The summed E-state index contributed by atoms with van der Waals surface area (Å²) in [7, 11) is 0. The Bertz CT molecular complexity index is 2090. The largest absolute Gasteiger partial charge is 0.284 e. The average Bonchev–Trinajstić information content (AvgIpc) is 3.49. The number of fused-ring (bicyclic) bond motifs is 6. The van der Waals surface area contributed by atoms with Crippen LogP contribution < -0.4 is 0 Å². The highest BCUT2D eigenvalue weighted by atomic mass is 16.6. The smallest absolute Gasteiger partial charge is 0.258 e. The van der Waals surface area contributed by atoms with Crippen molar-refractivity contribution in [1.29, 1.82) is 0 Å². The second kappa shape index (κ2) is 10.1. The summed E-state index contributed by atoms with van der Waals surface area (Å²) in [5, 5.41) is 78.7. The van der Waals surface area contributed by atoms with Crippen LogP contribution in [0.3, 0.4) is 0 Å². The first-order valence-corrected chi connectivity index (χ1v) is 12.5. The lowest BCUT2D eigenvalue weighted by Gasteiger charge is -2.03. The van der Waals surface area contributed by atoms with Gasteiger partial charge >= 0.3 is 0 Å². The lowest BCUT2D eigenvalue weighted by atomic mass is 10.0. The normalized spacial score (nSPS) is 13.9. The van der Waals surface area contributed by atoms with Crippen LogP contribution in [0.15, 0.2) is 70.9 Å². The minimum atomic E-state index is -0.900. The molecule has 4 aromatic rings. The molecule has 6 rings (SSSR count). The molecule has 0 aliphatic heterocycles. The van der Waals surface area contributed by atoms with Crippen LogP contribution in [0, 0.1) is 60.7 Å². The number of benzene rings is 4. The molecule has 0 atom stereocenters. The molecular formula is C26H10N8O12. The second-order valence-corrected chi connectivity index (χ2v) is 9.67. The summed E-state index contributed by atoms with van der Waals surface area (Å²) in [5.74, 6) is 0. The van der Waals surface area contributed by atoms with Gasteiger partial charge in [0.1, 0.15) is 11.4 Å². The maximum atomic E-state index is 12.0. The lowest BCUT2D eigenvalue weighted by molar-refractivity contribution is -0.394. The van der Waals surface area contributed by atoms with Crippen molar-refractivity contribution >= 4 is 45.5 Å². The van der Waals surface area contributed by atoms with E-state index in [0.717, 1.165) is 36.4 Å². The zero-order valence-corrected chi connectivity index (χ0v) is 22.3. The Morgan fingerprint density at radius 3 is 1.00 bits per heavy atom. The molecule has 20 nitrogen and oxygen atoms in total. The van der Waals surface area contributed by atoms with E-state index >= 15 is 0 Å². The number of hydrogen-bond donors (Lipinski definition) is 0. The van der Waals surface area contributed by atoms with E-state index in [4.69, 9.17) is 0 Å². The summed E-state index contributed by atoms with van der Waals surface area (Å²) < 4.78 is 0. The molecule has 0 radical (unpaired) electrons. The number of non-ortho nitro benzene ring substituents is 4. The first-order valence-electron chi connectivity index (χ1n) is 12.5. The molecule has 2 aliphatic carbocycles. The van der Waals surface area contributed by atoms with Crippen molar-refractivity contribution in [1.82, 2.24) is 0 Å². The molecule has 0 unspecified atom stereocenters. The van der Waals surface area contributed by atoms with Crippen LogP contribution in [0.2, 0.25) is 0 Å². The summed E-state index contributed by atoms with van der Waals surface area (Å²) in [4.78, 5) is 65.3. The number of nitrogens with zero attached hydrogens (tertiary/aromatic N) is 8. The SMILES string of the molecule is O=[N+]([O-])c1ccc2c(c1)/C(=N/N=C1/c3cc([N+](=O)[O-])ccc3-c3c1cc([N+](=O)[O-])cc3[N+](=O)[O-])c1cc([N+](=O)[O-])cc([N+](=O)[O-])c1-2. The molecule has 46 heavy (non-hydrogen) atoms. The molecular weight excluding hydrogens is 616 g/mol. The highest BCUT2D eigenvalue weighted by molar-refractivity contribution is 6.28. The Morgan fingerprint density at radius 1 is 0.370 bits per heavy atom. The summed E-state index contributed by atoms with van der Waals surface area (Å²) in [5.41, 5.74) is -5.21. The first kappa shape index (κ1) is 28.7. The molecule has 0 saturated heterocycles. The molecule has 0 N–H and O–H groups in total. The van der Waals surface area contributed by atoms with Crippen LogP contribution in [0.1, 0.15) is 22.3 Å². The van der Waals surface area contributed by atoms with Crippen molar-refractivity contribution in [2.75, 3.05) is 0 Å². The molecule has 0 amide bonds. The quantitative estimate of drug-likeness (QED) is 0.159. The van der Waals surface area contributed by atoms with E-state index in [2.05, 4.69) is 10.2 Å². The van der Waals surface area contributed by atoms with Gasteiger partial charge in [0.15, 0.2) is 0 Å². The Hall–Kier alpha value is -7.38. The lowest BCUT2D eigenvalue weighted by Crippen LogP contribution is -2.04. The standard InChI is InChI=1S/C26H10N8O12/c35-29(36)11-1-3-15-17(5-11)25(19-7-13(31(39)40)9-21(23(15)19)33(43)44)27-28-26-18-6-12(30(37)38)2-4-16(18)24-20(26)8-14(32(41)42)10-22(24)34(45)46/h1-10H/b27-25-,28-26-. The van der Waals surface area contributed by atoms with Gasteiger partial charge in [-0.15, -0.1) is 10.2 Å². The van der Waals surface area contributed by atoms with Crippen LogP contribution in [0.4, 0.5) is 34.1 Å². The van der Waals surface area contributed by atoms with Crippen LogP contribution in [-0.2, 0) is 0 Å². The minimum Gasteiger partial charge on any atom is -0.258 e. The van der Waals surface area contributed by atoms with E-state index in [9.17, 15) is 60.7 Å². The van der Waals surface area contributed by atoms with Gasteiger partial charge in [-0.1, -0.05) is 0 Å². The Morgan fingerprint density at radius 2 is 0.696 bits per heavy atom. The highest BCUT2D eigenvalue weighted by Gasteiger charge is 2.38. The molecule has 4 aromatic carbocycles. The second-order valence-electron chi connectivity index (χ2n) is 9.67. The highest BCUT2D eigenvalue weighted by Crippen LogP contribution is 2.48. The summed E-state index contributed by atoms with van der Waals surface area (Å²) in [6.45, 7) is 0. The average molecular weight is 626 g/mol. The van der Waals surface area contributed by atoms with Crippen LogP contribution in [0.5, 0.6) is 0 Å². The van der Waals surface area contributed by atoms with E-state index in [0.29, 0.717) is 12.1 Å². The van der Waals surface area contributed by atoms with Gasteiger partial charge in [0.05, 0.1) is 52.8 Å². The van der Waals surface area contributed by atoms with E-state index in [1.165, 1.54) is 12.1 Å². The summed E-state index contributed by atoms with van der Waals surface area (Å²) >= 11 is 0. The van der Waals surface area contributed by atoms with Gasteiger partial charge in [0, 0.05) is 58.7 Å². The summed E-state index contributed by atoms with van der Waals surface area (Å²) in [6.07, 6.45) is 0. The predicted molar refractivity (Wildman–Crippen MR) is 155 cm³/mol. The molecule has 2 aliphatic rings. The van der Waals surface area contributed by atoms with Crippen molar-refractivity contribution in [3.05, 3.63) is 144 Å². The van der Waals surface area contributed by atoms with Crippen molar-refractivity contribution < 1.29 is 29.5 Å². The molecule has 0 heterocycles. The third-order valence-electron chi connectivity index (χ3n) is 7.26. The number of nitro benzene ring substituents is 6. The van der Waals surface area contributed by atoms with Crippen LogP contribution >= 0.6 is 0 Å². The zero-order chi connectivity index (χ0) is 33.2. The van der Waals surface area contributed by atoms with E-state index in [-0.39, 0.29) is 55.9 Å². The maximum absolute atomic E-state index is 12.0. The van der Waals surface area contributed by atoms with Gasteiger partial charge in [-0.05, 0) is 23.3 Å². The number of rotatable bonds is 7. The van der Waals surface area contributed by atoms with Gasteiger partial charge in [-0.3, -0.25) is 60.7 Å². The fourth-order valence-electron chi connectivity index (χ4n) is 5.39. The van der Waals surface area contributed by atoms with Crippen molar-refractivity contribution in [3.63, 3.8) is 0 Å². The molecule has 226 valence electrons. The first-order chi connectivity index (χ1) is 21.8. The van der Waals surface area contributed by atoms with Gasteiger partial charge in [-0.25, -0.2) is 0 Å². The van der Waals surface area contributed by atoms with Crippen molar-refractivity contribution in [2.45, 2.75) is 0 Å². The third kappa shape index (κ3) is 4.33. The molecule has 0 aromatic heterocycles. The molecule has 0 fully saturated rings. The fraction of sp³-hybridized carbons (Fsp3) is 0. The third-order valence-corrected chi connectivity index (χ3v) is 7.26. The van der Waals surface area contributed by atoms with Crippen LogP contribution in [0.25, 0.3) is 22.3 Å². The summed E-state index contributed by atoms with van der Waals surface area (Å²) in [6, 6.07) is 9.84. The van der Waals surface area contributed by atoms with Gasteiger partial charge in [0.2, 0.25) is 0 Å². The topological polar surface area (TPSA) is 284 Å². The Balaban J connectivity index is 1.71. The van der Waals surface area contributed by atoms with E-state index in [1.807, 2.05) is 0 Å². The predicted octanol–water partition coefficient (Wildman–Crippen LogP) is 5.39. The van der Waals surface area contributed by atoms with Gasteiger partial charge in [0.25, 0.3) is 34.1 Å². The Labute approximate surface area is 251 Å². The molecule has 0 spiro atoms. The number of hydrogen-bond acceptors (Lipinski definition) is 14. The zero-order valence-electron chi connectivity index (χ0n) is 22.3. The van der Waals surface area contributed by atoms with Gasteiger partial charge in [-0.2, -0.15) is 0 Å². The molecule has 0 saturated carbocycles. The Kier molecular flexibility index (Phi) is 6.32. The monoisotopic (exact) mass is 626 g/mol.